The van der Waals surface area contributed by atoms with Crippen LogP contribution in [-0.4, -0.2) is 51.1 Å². The summed E-state index contributed by atoms with van der Waals surface area (Å²) in [6.07, 6.45) is 6.16. The summed E-state index contributed by atoms with van der Waals surface area (Å²) in [4.78, 5) is 14.5. The first-order chi connectivity index (χ1) is 16.7. The minimum atomic E-state index is -4.04. The predicted octanol–water partition coefficient (Wildman–Crippen LogP) is 4.91. The third-order valence-electron chi connectivity index (χ3n) is 5.69. The number of sulfone groups is 1. The van der Waals surface area contributed by atoms with Crippen molar-refractivity contribution in [2.75, 3.05) is 26.7 Å². The standard InChI is InChI=1S/C26H28FNO6S/c1-4-28(5-2)13-6-7-18-15-21(27)9-11-23(18)35(31,32)17-20-8-10-22(19-12-14-34-16-19)25(29)24(20)26(30)33-3/h6-12,14-16,29H,4-5,13,17H2,1-3H3. The number of halogens is 1. The van der Waals surface area contributed by atoms with Gasteiger partial charge >= 0.3 is 5.97 Å². The van der Waals surface area contributed by atoms with Crippen LogP contribution in [0.25, 0.3) is 17.2 Å². The molecular formula is C26H28FNO6S. The van der Waals surface area contributed by atoms with Crippen molar-refractivity contribution >= 4 is 21.9 Å². The highest BCUT2D eigenvalue weighted by atomic mass is 32.2. The van der Waals surface area contributed by atoms with Crippen LogP contribution >= 0.6 is 0 Å². The summed E-state index contributed by atoms with van der Waals surface area (Å²) in [5, 5.41) is 10.8. The van der Waals surface area contributed by atoms with Crippen LogP contribution in [0.15, 0.2) is 64.3 Å². The van der Waals surface area contributed by atoms with E-state index in [0.29, 0.717) is 17.7 Å². The Balaban J connectivity index is 2.03. The number of furan rings is 1. The molecule has 3 aromatic rings. The van der Waals surface area contributed by atoms with Gasteiger partial charge in [-0.25, -0.2) is 17.6 Å². The molecule has 3 rings (SSSR count). The summed E-state index contributed by atoms with van der Waals surface area (Å²) >= 11 is 0. The maximum Gasteiger partial charge on any atom is 0.341 e. The van der Waals surface area contributed by atoms with Crippen LogP contribution in [0.2, 0.25) is 0 Å². The van der Waals surface area contributed by atoms with Crippen LogP contribution in [0, 0.1) is 5.82 Å². The van der Waals surface area contributed by atoms with Gasteiger partial charge in [0, 0.05) is 17.7 Å². The Labute approximate surface area is 204 Å². The number of likely N-dealkylation sites (N-methyl/N-ethyl adjacent to an activating group) is 1. The van der Waals surface area contributed by atoms with Crippen LogP contribution in [-0.2, 0) is 20.3 Å². The quantitative estimate of drug-likeness (QED) is 0.312. The summed E-state index contributed by atoms with van der Waals surface area (Å²) in [6.45, 7) is 6.26. The highest BCUT2D eigenvalue weighted by Gasteiger charge is 2.26. The van der Waals surface area contributed by atoms with Gasteiger partial charge in [0.25, 0.3) is 0 Å². The van der Waals surface area contributed by atoms with Gasteiger partial charge in [0.15, 0.2) is 9.84 Å². The third-order valence-corrected chi connectivity index (χ3v) is 7.43. The molecular weight excluding hydrogens is 473 g/mol. The molecule has 7 nitrogen and oxygen atoms in total. The first-order valence-electron chi connectivity index (χ1n) is 11.1. The Morgan fingerprint density at radius 2 is 1.91 bits per heavy atom. The third kappa shape index (κ3) is 5.98. The van der Waals surface area contributed by atoms with Crippen LogP contribution in [0.5, 0.6) is 5.75 Å². The molecule has 0 aliphatic carbocycles. The minimum absolute atomic E-state index is 0.0593. The summed E-state index contributed by atoms with van der Waals surface area (Å²) in [6, 6.07) is 8.00. The summed E-state index contributed by atoms with van der Waals surface area (Å²) in [5.74, 6) is -2.45. The Hall–Kier alpha value is -3.43. The number of carbonyl (C=O) groups is 1. The SMILES string of the molecule is CCN(CC)CC=Cc1cc(F)ccc1S(=O)(=O)Cc1ccc(-c2ccoc2)c(O)c1C(=O)OC. The second-order valence-electron chi connectivity index (χ2n) is 7.83. The molecule has 0 saturated heterocycles. The van der Waals surface area contributed by atoms with Crippen molar-refractivity contribution < 1.29 is 31.9 Å². The zero-order chi connectivity index (χ0) is 25.6. The van der Waals surface area contributed by atoms with Crippen molar-refractivity contribution in [3.8, 4) is 16.9 Å². The van der Waals surface area contributed by atoms with Crippen LogP contribution in [0.3, 0.4) is 0 Å². The summed E-state index contributed by atoms with van der Waals surface area (Å²) in [5.41, 5.74) is 0.818. The van der Waals surface area contributed by atoms with Crippen molar-refractivity contribution in [1.29, 1.82) is 0 Å². The van der Waals surface area contributed by atoms with Gasteiger partial charge in [-0.05, 0) is 48.5 Å². The van der Waals surface area contributed by atoms with E-state index in [4.69, 9.17) is 9.15 Å². The first kappa shape index (κ1) is 26.2. The molecule has 0 saturated carbocycles. The second kappa shape index (κ2) is 11.3. The molecule has 0 spiro atoms. The van der Waals surface area contributed by atoms with E-state index in [9.17, 15) is 22.7 Å². The van der Waals surface area contributed by atoms with E-state index in [-0.39, 0.29) is 21.6 Å². The van der Waals surface area contributed by atoms with Gasteiger partial charge < -0.3 is 19.2 Å². The van der Waals surface area contributed by atoms with Gasteiger partial charge in [0.05, 0.1) is 30.3 Å². The van der Waals surface area contributed by atoms with Crippen molar-refractivity contribution in [2.45, 2.75) is 24.5 Å². The Morgan fingerprint density at radius 3 is 2.54 bits per heavy atom. The first-order valence-corrected chi connectivity index (χ1v) is 12.7. The fourth-order valence-corrected chi connectivity index (χ4v) is 5.33. The molecule has 9 heteroatoms. The number of ether oxygens (including phenoxy) is 1. The average Bonchev–Trinajstić information content (AvgIpc) is 3.36. The molecule has 0 bridgehead atoms. The molecule has 186 valence electrons. The fourth-order valence-electron chi connectivity index (χ4n) is 3.76. The fraction of sp³-hybridized carbons (Fsp3) is 0.269. The molecule has 35 heavy (non-hydrogen) atoms. The average molecular weight is 502 g/mol. The van der Waals surface area contributed by atoms with Crippen molar-refractivity contribution in [3.63, 3.8) is 0 Å². The Bertz CT molecular complexity index is 1310. The van der Waals surface area contributed by atoms with E-state index in [2.05, 4.69) is 4.90 Å². The minimum Gasteiger partial charge on any atom is -0.506 e. The van der Waals surface area contributed by atoms with E-state index in [0.717, 1.165) is 32.3 Å². The summed E-state index contributed by atoms with van der Waals surface area (Å²) < 4.78 is 50.7. The molecule has 0 aliphatic heterocycles. The van der Waals surface area contributed by atoms with Crippen molar-refractivity contribution in [3.05, 3.63) is 77.5 Å². The zero-order valence-electron chi connectivity index (χ0n) is 19.8. The molecule has 0 fully saturated rings. The number of phenolic OH excluding ortho intramolecular Hbond substituents is 1. The number of carbonyl (C=O) groups excluding carboxylic acids is 1. The zero-order valence-corrected chi connectivity index (χ0v) is 20.6. The molecule has 0 radical (unpaired) electrons. The lowest BCUT2D eigenvalue weighted by Gasteiger charge is -2.15. The number of esters is 1. The van der Waals surface area contributed by atoms with Gasteiger partial charge in [-0.3, -0.25) is 0 Å². The normalized spacial score (nSPS) is 11.9. The Morgan fingerprint density at radius 1 is 1.17 bits per heavy atom. The molecule has 1 heterocycles. The number of rotatable bonds is 10. The van der Waals surface area contributed by atoms with Gasteiger partial charge in [0.1, 0.15) is 17.1 Å². The maximum atomic E-state index is 14.0. The monoisotopic (exact) mass is 501 g/mol. The molecule has 1 N–H and O–H groups in total. The summed E-state index contributed by atoms with van der Waals surface area (Å²) in [7, 11) is -2.90. The Kier molecular flexibility index (Phi) is 8.48. The number of phenols is 1. The van der Waals surface area contributed by atoms with E-state index in [1.165, 1.54) is 30.7 Å². The van der Waals surface area contributed by atoms with E-state index in [1.807, 2.05) is 13.8 Å². The van der Waals surface area contributed by atoms with Crippen molar-refractivity contribution in [1.82, 2.24) is 4.90 Å². The lowest BCUT2D eigenvalue weighted by atomic mass is 9.99. The van der Waals surface area contributed by atoms with Crippen LogP contribution < -0.4 is 0 Å². The van der Waals surface area contributed by atoms with E-state index < -0.39 is 33.1 Å². The van der Waals surface area contributed by atoms with Crippen LogP contribution in [0.1, 0.15) is 35.3 Å². The highest BCUT2D eigenvalue weighted by Crippen LogP contribution is 2.36. The van der Waals surface area contributed by atoms with Gasteiger partial charge in [-0.15, -0.1) is 0 Å². The number of aromatic hydroxyl groups is 1. The second-order valence-corrected chi connectivity index (χ2v) is 9.79. The largest absolute Gasteiger partial charge is 0.506 e. The lowest BCUT2D eigenvalue weighted by molar-refractivity contribution is 0.0596. The van der Waals surface area contributed by atoms with Crippen LogP contribution in [0.4, 0.5) is 4.39 Å². The highest BCUT2D eigenvalue weighted by molar-refractivity contribution is 7.90. The number of hydrogen-bond donors (Lipinski definition) is 1. The lowest BCUT2D eigenvalue weighted by Crippen LogP contribution is -2.22. The molecule has 0 unspecified atom stereocenters. The molecule has 0 atom stereocenters. The molecule has 0 aliphatic rings. The molecule has 1 aromatic heterocycles. The van der Waals surface area contributed by atoms with Gasteiger partial charge in [-0.1, -0.05) is 38.1 Å². The van der Waals surface area contributed by atoms with Gasteiger partial charge in [-0.2, -0.15) is 0 Å². The molecule has 0 amide bonds. The number of methoxy groups -OCH3 is 1. The van der Waals surface area contributed by atoms with Crippen molar-refractivity contribution in [2.24, 2.45) is 0 Å². The number of nitrogens with zero attached hydrogens (tertiary/aromatic N) is 1. The topological polar surface area (TPSA) is 97.0 Å². The van der Waals surface area contributed by atoms with Gasteiger partial charge in [0.2, 0.25) is 0 Å². The number of benzene rings is 2. The molecule has 2 aromatic carbocycles. The number of hydrogen-bond acceptors (Lipinski definition) is 7. The predicted molar refractivity (Wildman–Crippen MR) is 131 cm³/mol. The smallest absolute Gasteiger partial charge is 0.341 e. The maximum absolute atomic E-state index is 14.0. The van der Waals surface area contributed by atoms with E-state index in [1.54, 1.807) is 18.2 Å². The van der Waals surface area contributed by atoms with E-state index >= 15 is 0 Å².